The summed E-state index contributed by atoms with van der Waals surface area (Å²) in [6.07, 6.45) is 15.3. The van der Waals surface area contributed by atoms with Gasteiger partial charge in [-0.05, 0) is 57.9 Å². The van der Waals surface area contributed by atoms with Crippen LogP contribution in [0.15, 0.2) is 47.1 Å². The highest BCUT2D eigenvalue weighted by Gasteiger charge is 1.95. The third kappa shape index (κ3) is 13.4. The fourth-order valence-electron chi connectivity index (χ4n) is 2.13. The van der Waals surface area contributed by atoms with Crippen LogP contribution < -0.4 is 0 Å². The summed E-state index contributed by atoms with van der Waals surface area (Å²) in [6.45, 7) is 10.7. The van der Waals surface area contributed by atoms with E-state index in [2.05, 4.69) is 39.8 Å². The van der Waals surface area contributed by atoms with Crippen LogP contribution in [0, 0.1) is 5.92 Å². The summed E-state index contributed by atoms with van der Waals surface area (Å²) >= 11 is 0. The van der Waals surface area contributed by atoms with Crippen molar-refractivity contribution in [2.24, 2.45) is 5.92 Å². The van der Waals surface area contributed by atoms with Crippen LogP contribution in [0.2, 0.25) is 0 Å². The lowest BCUT2D eigenvalue weighted by atomic mass is 10.0. The SMILES string of the molecule is CC(/C=C/C=C(\C)CC/C=C(\C)CCCC(C)C)=C\C(=O)O. The van der Waals surface area contributed by atoms with Gasteiger partial charge in [-0.2, -0.15) is 0 Å². The predicted molar refractivity (Wildman–Crippen MR) is 96.0 cm³/mol. The Bertz CT molecular complexity index is 448. The predicted octanol–water partition coefficient (Wildman–Crippen LogP) is 6.07. The Kier molecular flexibility index (Phi) is 11.2. The standard InChI is InChI=1S/C20H32O2/c1-16(2)9-6-10-17(3)11-7-12-18(4)13-8-14-19(5)15-20(21)22/h8,11,13-16H,6-7,9-10,12H2,1-5H3,(H,21,22)/b14-8+,17-11+,18-13+,19-15+. The van der Waals surface area contributed by atoms with Crippen molar-refractivity contribution in [3.05, 3.63) is 47.1 Å². The summed E-state index contributed by atoms with van der Waals surface area (Å²) in [5.41, 5.74) is 3.55. The van der Waals surface area contributed by atoms with E-state index in [4.69, 9.17) is 5.11 Å². The van der Waals surface area contributed by atoms with Gasteiger partial charge in [0.2, 0.25) is 0 Å². The zero-order valence-electron chi connectivity index (χ0n) is 14.9. The molecule has 0 radical (unpaired) electrons. The zero-order valence-corrected chi connectivity index (χ0v) is 14.9. The van der Waals surface area contributed by atoms with Crippen LogP contribution in [0.25, 0.3) is 0 Å². The van der Waals surface area contributed by atoms with Crippen molar-refractivity contribution in [3.8, 4) is 0 Å². The van der Waals surface area contributed by atoms with Crippen molar-refractivity contribution >= 4 is 5.97 Å². The molecule has 1 N–H and O–H groups in total. The van der Waals surface area contributed by atoms with Crippen LogP contribution >= 0.6 is 0 Å². The molecule has 2 nitrogen and oxygen atoms in total. The maximum absolute atomic E-state index is 10.5. The molecule has 0 rings (SSSR count). The summed E-state index contributed by atoms with van der Waals surface area (Å²) in [6, 6.07) is 0. The van der Waals surface area contributed by atoms with Gasteiger partial charge in [-0.25, -0.2) is 4.79 Å². The van der Waals surface area contributed by atoms with E-state index in [1.807, 2.05) is 12.2 Å². The minimum atomic E-state index is -0.902. The minimum absolute atomic E-state index is 0.748. The van der Waals surface area contributed by atoms with Gasteiger partial charge >= 0.3 is 5.97 Å². The zero-order chi connectivity index (χ0) is 17.0. The normalized spacial score (nSPS) is 14.2. The molecule has 0 atom stereocenters. The fourth-order valence-corrected chi connectivity index (χ4v) is 2.13. The molecule has 0 spiro atoms. The summed E-state index contributed by atoms with van der Waals surface area (Å²) in [5, 5.41) is 8.62. The van der Waals surface area contributed by atoms with Gasteiger partial charge in [-0.15, -0.1) is 0 Å². The van der Waals surface area contributed by atoms with Crippen molar-refractivity contribution in [2.45, 2.75) is 66.7 Å². The number of hydrogen-bond acceptors (Lipinski definition) is 1. The molecule has 0 saturated heterocycles. The first kappa shape index (κ1) is 20.4. The molecular weight excluding hydrogens is 272 g/mol. The first-order valence-electron chi connectivity index (χ1n) is 8.22. The van der Waals surface area contributed by atoms with E-state index in [9.17, 15) is 4.79 Å². The highest BCUT2D eigenvalue weighted by molar-refractivity contribution is 5.81. The molecule has 0 aliphatic heterocycles. The smallest absolute Gasteiger partial charge is 0.328 e. The van der Waals surface area contributed by atoms with Crippen molar-refractivity contribution in [3.63, 3.8) is 0 Å². The van der Waals surface area contributed by atoms with E-state index < -0.39 is 5.97 Å². The van der Waals surface area contributed by atoms with E-state index in [-0.39, 0.29) is 0 Å². The number of carboxylic acids is 1. The number of hydrogen-bond donors (Lipinski definition) is 1. The van der Waals surface area contributed by atoms with Gasteiger partial charge in [0.05, 0.1) is 0 Å². The third-order valence-corrected chi connectivity index (χ3v) is 3.48. The van der Waals surface area contributed by atoms with Crippen LogP contribution in [0.1, 0.15) is 66.7 Å². The average molecular weight is 304 g/mol. The molecule has 0 bridgehead atoms. The van der Waals surface area contributed by atoms with Gasteiger partial charge < -0.3 is 5.11 Å². The molecule has 0 aliphatic rings. The first-order chi connectivity index (χ1) is 10.3. The lowest BCUT2D eigenvalue weighted by Gasteiger charge is -2.05. The quantitative estimate of drug-likeness (QED) is 0.302. The molecule has 0 fully saturated rings. The van der Waals surface area contributed by atoms with Crippen LogP contribution in [0.3, 0.4) is 0 Å². The molecule has 2 heteroatoms. The Hall–Kier alpha value is -1.57. The van der Waals surface area contributed by atoms with E-state index in [0.29, 0.717) is 0 Å². The van der Waals surface area contributed by atoms with Crippen molar-refractivity contribution < 1.29 is 9.90 Å². The summed E-state index contributed by atoms with van der Waals surface area (Å²) < 4.78 is 0. The molecule has 22 heavy (non-hydrogen) atoms. The van der Waals surface area contributed by atoms with E-state index >= 15 is 0 Å². The molecule has 0 aromatic carbocycles. The van der Waals surface area contributed by atoms with Gasteiger partial charge in [0, 0.05) is 6.08 Å². The molecule has 0 saturated carbocycles. The average Bonchev–Trinajstić information content (AvgIpc) is 2.37. The monoisotopic (exact) mass is 304 g/mol. The van der Waals surface area contributed by atoms with Crippen LogP contribution in [0.5, 0.6) is 0 Å². The van der Waals surface area contributed by atoms with Gasteiger partial charge in [-0.3, -0.25) is 0 Å². The van der Waals surface area contributed by atoms with Gasteiger partial charge in [-0.1, -0.05) is 55.7 Å². The number of aliphatic carboxylic acids is 1. The number of rotatable bonds is 10. The number of allylic oxidation sites excluding steroid dienone is 7. The largest absolute Gasteiger partial charge is 0.478 e. The van der Waals surface area contributed by atoms with Gasteiger partial charge in [0.25, 0.3) is 0 Å². The topological polar surface area (TPSA) is 37.3 Å². The van der Waals surface area contributed by atoms with Gasteiger partial charge in [0.15, 0.2) is 0 Å². The van der Waals surface area contributed by atoms with Crippen molar-refractivity contribution in [1.82, 2.24) is 0 Å². The lowest BCUT2D eigenvalue weighted by molar-refractivity contribution is -0.131. The lowest BCUT2D eigenvalue weighted by Crippen LogP contribution is -1.88. The second-order valence-corrected chi connectivity index (χ2v) is 6.47. The molecule has 0 amide bonds. The minimum Gasteiger partial charge on any atom is -0.478 e. The highest BCUT2D eigenvalue weighted by atomic mass is 16.4. The molecular formula is C20H32O2. The first-order valence-corrected chi connectivity index (χ1v) is 8.22. The van der Waals surface area contributed by atoms with Crippen molar-refractivity contribution in [2.75, 3.05) is 0 Å². The summed E-state index contributed by atoms with van der Waals surface area (Å²) in [5.74, 6) is -0.107. The number of carboxylic acid groups (broad SMARTS) is 1. The van der Waals surface area contributed by atoms with E-state index in [1.54, 1.807) is 6.92 Å². The number of carbonyl (C=O) groups is 1. The third-order valence-electron chi connectivity index (χ3n) is 3.48. The molecule has 0 unspecified atom stereocenters. The fraction of sp³-hybridized carbons (Fsp3) is 0.550. The Morgan fingerprint density at radius 1 is 1.09 bits per heavy atom. The highest BCUT2D eigenvalue weighted by Crippen LogP contribution is 2.14. The maximum Gasteiger partial charge on any atom is 0.328 e. The molecule has 0 aliphatic carbocycles. The van der Waals surface area contributed by atoms with Gasteiger partial charge in [0.1, 0.15) is 0 Å². The second-order valence-electron chi connectivity index (χ2n) is 6.47. The maximum atomic E-state index is 10.5. The Balaban J connectivity index is 4.11. The Morgan fingerprint density at radius 3 is 2.36 bits per heavy atom. The van der Waals surface area contributed by atoms with Crippen LogP contribution in [-0.4, -0.2) is 11.1 Å². The Labute approximate surface area is 136 Å². The molecule has 0 aromatic heterocycles. The van der Waals surface area contributed by atoms with E-state index in [0.717, 1.165) is 24.3 Å². The second kappa shape index (κ2) is 12.0. The van der Waals surface area contributed by atoms with E-state index in [1.165, 1.54) is 36.5 Å². The van der Waals surface area contributed by atoms with Crippen LogP contribution in [0.4, 0.5) is 0 Å². The van der Waals surface area contributed by atoms with Crippen molar-refractivity contribution in [1.29, 1.82) is 0 Å². The van der Waals surface area contributed by atoms with Crippen LogP contribution in [-0.2, 0) is 4.79 Å². The molecule has 0 aromatic rings. The molecule has 124 valence electrons. The summed E-state index contributed by atoms with van der Waals surface area (Å²) in [7, 11) is 0. The summed E-state index contributed by atoms with van der Waals surface area (Å²) in [4.78, 5) is 10.5. The Morgan fingerprint density at radius 2 is 1.77 bits per heavy atom. The molecule has 0 heterocycles.